The SMILES string of the molecule is NC(=S)CC(=O)NCc1cccnc1. The molecule has 0 fully saturated rings. The van der Waals surface area contributed by atoms with E-state index >= 15 is 0 Å². The first-order valence-electron chi connectivity index (χ1n) is 4.12. The number of nitrogens with one attached hydrogen (secondary N) is 1. The van der Waals surface area contributed by atoms with Gasteiger partial charge in [0.2, 0.25) is 5.91 Å². The summed E-state index contributed by atoms with van der Waals surface area (Å²) in [7, 11) is 0. The van der Waals surface area contributed by atoms with E-state index in [0.717, 1.165) is 5.56 Å². The number of nitrogens with zero attached hydrogens (tertiary/aromatic N) is 1. The van der Waals surface area contributed by atoms with Crippen LogP contribution < -0.4 is 11.1 Å². The molecule has 14 heavy (non-hydrogen) atoms. The number of aromatic nitrogens is 1. The lowest BCUT2D eigenvalue weighted by Crippen LogP contribution is -2.27. The summed E-state index contributed by atoms with van der Waals surface area (Å²) in [5.41, 5.74) is 6.17. The summed E-state index contributed by atoms with van der Waals surface area (Å²) in [5, 5.41) is 2.68. The van der Waals surface area contributed by atoms with Gasteiger partial charge in [0.25, 0.3) is 0 Å². The maximum absolute atomic E-state index is 11.1. The van der Waals surface area contributed by atoms with Gasteiger partial charge in [-0.2, -0.15) is 0 Å². The zero-order chi connectivity index (χ0) is 10.4. The van der Waals surface area contributed by atoms with Gasteiger partial charge in [-0.3, -0.25) is 9.78 Å². The molecule has 4 nitrogen and oxygen atoms in total. The molecule has 0 aliphatic heterocycles. The Bertz CT molecular complexity index is 326. The van der Waals surface area contributed by atoms with E-state index in [2.05, 4.69) is 22.5 Å². The van der Waals surface area contributed by atoms with Crippen molar-refractivity contribution >= 4 is 23.1 Å². The number of hydrogen-bond donors (Lipinski definition) is 2. The third-order valence-corrected chi connectivity index (χ3v) is 1.69. The molecule has 0 saturated carbocycles. The maximum atomic E-state index is 11.1. The average molecular weight is 209 g/mol. The van der Waals surface area contributed by atoms with Gasteiger partial charge in [-0.05, 0) is 11.6 Å². The molecule has 5 heteroatoms. The highest BCUT2D eigenvalue weighted by Gasteiger charge is 2.01. The maximum Gasteiger partial charge on any atom is 0.227 e. The van der Waals surface area contributed by atoms with Crippen LogP contribution in [0.1, 0.15) is 12.0 Å². The molecule has 1 rings (SSSR count). The Morgan fingerprint density at radius 2 is 2.43 bits per heavy atom. The van der Waals surface area contributed by atoms with E-state index in [1.165, 1.54) is 0 Å². The molecule has 3 N–H and O–H groups in total. The molecule has 0 unspecified atom stereocenters. The predicted octanol–water partition coefficient (Wildman–Crippen LogP) is 0.374. The summed E-state index contributed by atoms with van der Waals surface area (Å²) < 4.78 is 0. The Labute approximate surface area is 87.5 Å². The van der Waals surface area contributed by atoms with Crippen molar-refractivity contribution in [2.45, 2.75) is 13.0 Å². The minimum atomic E-state index is -0.165. The lowest BCUT2D eigenvalue weighted by Gasteiger charge is -2.03. The van der Waals surface area contributed by atoms with Crippen LogP contribution in [-0.2, 0) is 11.3 Å². The van der Waals surface area contributed by atoms with E-state index in [1.807, 2.05) is 12.1 Å². The Hall–Kier alpha value is -1.49. The lowest BCUT2D eigenvalue weighted by molar-refractivity contribution is -0.120. The van der Waals surface area contributed by atoms with Crippen molar-refractivity contribution in [3.05, 3.63) is 30.1 Å². The molecule has 0 aliphatic rings. The zero-order valence-electron chi connectivity index (χ0n) is 7.56. The monoisotopic (exact) mass is 209 g/mol. The average Bonchev–Trinajstić information content (AvgIpc) is 2.15. The Kier molecular flexibility index (Phi) is 4.00. The predicted molar refractivity (Wildman–Crippen MR) is 57.5 cm³/mol. The number of rotatable bonds is 4. The van der Waals surface area contributed by atoms with Crippen LogP contribution in [0.15, 0.2) is 24.5 Å². The number of thiocarbonyl (C=S) groups is 1. The van der Waals surface area contributed by atoms with Gasteiger partial charge in [-0.15, -0.1) is 0 Å². The number of carbonyl (C=O) groups excluding carboxylic acids is 1. The van der Waals surface area contributed by atoms with Gasteiger partial charge in [-0.25, -0.2) is 0 Å². The van der Waals surface area contributed by atoms with E-state index in [1.54, 1.807) is 12.4 Å². The quantitative estimate of drug-likeness (QED) is 0.703. The second-order valence-corrected chi connectivity index (χ2v) is 3.31. The molecular weight excluding hydrogens is 198 g/mol. The molecular formula is C9H11N3OS. The van der Waals surface area contributed by atoms with E-state index < -0.39 is 0 Å². The van der Waals surface area contributed by atoms with Crippen LogP contribution in [0.2, 0.25) is 0 Å². The van der Waals surface area contributed by atoms with Crippen LogP contribution in [0.4, 0.5) is 0 Å². The van der Waals surface area contributed by atoms with Crippen molar-refractivity contribution in [1.29, 1.82) is 0 Å². The highest BCUT2D eigenvalue weighted by molar-refractivity contribution is 7.80. The second-order valence-electron chi connectivity index (χ2n) is 2.78. The van der Waals surface area contributed by atoms with Gasteiger partial charge < -0.3 is 11.1 Å². The summed E-state index contributed by atoms with van der Waals surface area (Å²) in [4.78, 5) is 15.3. The molecule has 1 aromatic heterocycles. The fraction of sp³-hybridized carbons (Fsp3) is 0.222. The highest BCUT2D eigenvalue weighted by atomic mass is 32.1. The third kappa shape index (κ3) is 3.95. The Morgan fingerprint density at radius 1 is 1.64 bits per heavy atom. The number of amides is 1. The van der Waals surface area contributed by atoms with E-state index in [9.17, 15) is 4.79 Å². The smallest absolute Gasteiger partial charge is 0.227 e. The molecule has 0 bridgehead atoms. The van der Waals surface area contributed by atoms with E-state index in [0.29, 0.717) is 6.54 Å². The summed E-state index contributed by atoms with van der Waals surface area (Å²) in [6, 6.07) is 3.70. The van der Waals surface area contributed by atoms with Gasteiger partial charge in [0.15, 0.2) is 0 Å². The van der Waals surface area contributed by atoms with Crippen LogP contribution in [-0.4, -0.2) is 15.9 Å². The van der Waals surface area contributed by atoms with Crippen molar-refractivity contribution in [2.75, 3.05) is 0 Å². The number of hydrogen-bond acceptors (Lipinski definition) is 3. The molecule has 0 saturated heterocycles. The zero-order valence-corrected chi connectivity index (χ0v) is 8.38. The first-order chi connectivity index (χ1) is 6.68. The topological polar surface area (TPSA) is 68.0 Å². The first kappa shape index (κ1) is 10.6. The number of nitrogens with two attached hydrogens (primary N) is 1. The number of carbonyl (C=O) groups is 1. The summed E-state index contributed by atoms with van der Waals surface area (Å²) in [6.45, 7) is 0.454. The molecule has 1 amide bonds. The fourth-order valence-corrected chi connectivity index (χ4v) is 1.06. The van der Waals surface area contributed by atoms with E-state index in [4.69, 9.17) is 5.73 Å². The largest absolute Gasteiger partial charge is 0.393 e. The van der Waals surface area contributed by atoms with Crippen LogP contribution in [0.25, 0.3) is 0 Å². The second kappa shape index (κ2) is 5.29. The van der Waals surface area contributed by atoms with Crippen molar-refractivity contribution in [3.63, 3.8) is 0 Å². The van der Waals surface area contributed by atoms with Gasteiger partial charge in [-0.1, -0.05) is 18.3 Å². The lowest BCUT2D eigenvalue weighted by atomic mass is 10.3. The third-order valence-electron chi connectivity index (χ3n) is 1.55. The van der Waals surface area contributed by atoms with Crippen LogP contribution >= 0.6 is 12.2 Å². The first-order valence-corrected chi connectivity index (χ1v) is 4.53. The van der Waals surface area contributed by atoms with Crippen molar-refractivity contribution in [2.24, 2.45) is 5.73 Å². The Morgan fingerprint density at radius 3 is 3.00 bits per heavy atom. The number of pyridine rings is 1. The summed E-state index contributed by atoms with van der Waals surface area (Å²) in [6.07, 6.45) is 3.47. The molecule has 1 heterocycles. The van der Waals surface area contributed by atoms with Gasteiger partial charge in [0, 0.05) is 18.9 Å². The summed E-state index contributed by atoms with van der Waals surface area (Å²) >= 11 is 4.61. The minimum Gasteiger partial charge on any atom is -0.393 e. The highest BCUT2D eigenvalue weighted by Crippen LogP contribution is 1.94. The van der Waals surface area contributed by atoms with Crippen molar-refractivity contribution < 1.29 is 4.79 Å². The Balaban J connectivity index is 2.34. The van der Waals surface area contributed by atoms with Crippen LogP contribution in [0.5, 0.6) is 0 Å². The van der Waals surface area contributed by atoms with Crippen LogP contribution in [0, 0.1) is 0 Å². The fourth-order valence-electron chi connectivity index (χ4n) is 0.924. The normalized spacial score (nSPS) is 9.43. The van der Waals surface area contributed by atoms with Crippen molar-refractivity contribution in [3.8, 4) is 0 Å². The molecule has 1 aromatic rings. The standard InChI is InChI=1S/C9H11N3OS/c10-8(14)4-9(13)12-6-7-2-1-3-11-5-7/h1-3,5H,4,6H2,(H2,10,14)(H,12,13). The molecule has 0 spiro atoms. The van der Waals surface area contributed by atoms with E-state index in [-0.39, 0.29) is 17.3 Å². The van der Waals surface area contributed by atoms with Crippen LogP contribution in [0.3, 0.4) is 0 Å². The van der Waals surface area contributed by atoms with Gasteiger partial charge >= 0.3 is 0 Å². The van der Waals surface area contributed by atoms with Gasteiger partial charge in [0.05, 0.1) is 11.4 Å². The molecule has 0 aromatic carbocycles. The molecule has 74 valence electrons. The molecule has 0 radical (unpaired) electrons. The minimum absolute atomic E-state index is 0.0929. The van der Waals surface area contributed by atoms with Gasteiger partial charge in [0.1, 0.15) is 0 Å². The molecule has 0 aliphatic carbocycles. The van der Waals surface area contributed by atoms with Crippen molar-refractivity contribution in [1.82, 2.24) is 10.3 Å². The molecule has 0 atom stereocenters. The summed E-state index contributed by atoms with van der Waals surface area (Å²) in [5.74, 6) is -0.165.